The number of hydrogen-bond acceptors (Lipinski definition) is 8. The number of rotatable bonds is 14. The molecule has 0 bridgehead atoms. The highest BCUT2D eigenvalue weighted by atomic mass is 32.1. The normalized spacial score (nSPS) is 29.5. The lowest BCUT2D eigenvalue weighted by molar-refractivity contribution is 0.243. The van der Waals surface area contributed by atoms with Gasteiger partial charge in [0.1, 0.15) is 11.5 Å². The molecule has 4 aliphatic rings. The first-order valence-corrected chi connectivity index (χ1v) is 23.3. The predicted octanol–water partition coefficient (Wildman–Crippen LogP) is 8.87. The van der Waals surface area contributed by atoms with Crippen molar-refractivity contribution in [1.82, 2.24) is 16.0 Å². The topological polar surface area (TPSA) is 103 Å². The summed E-state index contributed by atoms with van der Waals surface area (Å²) in [5.74, 6) is 4.69. The van der Waals surface area contributed by atoms with Crippen molar-refractivity contribution in [2.45, 2.75) is 113 Å². The van der Waals surface area contributed by atoms with E-state index in [1.54, 1.807) is 11.3 Å². The zero-order valence-electron chi connectivity index (χ0n) is 32.9. The van der Waals surface area contributed by atoms with E-state index in [4.69, 9.17) is 5.73 Å². The van der Waals surface area contributed by atoms with Crippen LogP contribution in [-0.2, 0) is 25.7 Å². The van der Waals surface area contributed by atoms with Gasteiger partial charge in [0.2, 0.25) is 0 Å². The smallest absolute Gasteiger partial charge is 0.115 e. The van der Waals surface area contributed by atoms with Gasteiger partial charge in [-0.15, -0.1) is 11.3 Å². The van der Waals surface area contributed by atoms with E-state index in [2.05, 4.69) is 69.5 Å². The number of phenolic OH excluding ortho intramolecular Hbond substituents is 2. The molecule has 0 spiro atoms. The second-order valence-corrected chi connectivity index (χ2v) is 19.4. The molecule has 0 aliphatic heterocycles. The Morgan fingerprint density at radius 1 is 0.691 bits per heavy atom. The summed E-state index contributed by atoms with van der Waals surface area (Å²) in [7, 11) is 2.09. The maximum absolute atomic E-state index is 10.8. The summed E-state index contributed by atoms with van der Waals surface area (Å²) >= 11 is 3.74. The Morgan fingerprint density at radius 3 is 2.02 bits per heavy atom. The molecule has 1 unspecified atom stereocenters. The monoisotopic (exact) mass is 780 g/mol. The van der Waals surface area contributed by atoms with E-state index < -0.39 is 0 Å². The second-order valence-electron chi connectivity index (χ2n) is 17.7. The first-order chi connectivity index (χ1) is 26.9. The Balaban J connectivity index is 1.09. The Kier molecular flexibility index (Phi) is 13.0. The molecular formula is C47H64N4O2S2. The minimum Gasteiger partial charge on any atom is -0.508 e. The SMILES string of the molecule is CNCC1CCC(CN[C@H]2C(c3sccc3C[C@H]3c4ccc(O)cc4CC[C@H]3NCC3CCC(CN)CC3)Cc3cc(O)ccc3[C@H]2Cc2ccsc2)CC1. The van der Waals surface area contributed by atoms with Crippen LogP contribution in [0.25, 0.3) is 0 Å². The van der Waals surface area contributed by atoms with Crippen LogP contribution in [0.1, 0.15) is 114 Å². The highest BCUT2D eigenvalue weighted by Crippen LogP contribution is 2.47. The van der Waals surface area contributed by atoms with Gasteiger partial charge in [0.15, 0.2) is 0 Å². The van der Waals surface area contributed by atoms with Crippen molar-refractivity contribution in [3.8, 4) is 11.5 Å². The Hall–Kier alpha value is -2.72. The van der Waals surface area contributed by atoms with Crippen LogP contribution in [0.3, 0.4) is 0 Å². The van der Waals surface area contributed by atoms with Crippen LogP contribution in [0, 0.1) is 23.7 Å². The van der Waals surface area contributed by atoms with Gasteiger partial charge in [0.25, 0.3) is 0 Å². The van der Waals surface area contributed by atoms with Crippen molar-refractivity contribution in [1.29, 1.82) is 0 Å². The molecule has 4 aromatic rings. The summed E-state index contributed by atoms with van der Waals surface area (Å²) in [5.41, 5.74) is 14.3. The number of phenols is 2. The van der Waals surface area contributed by atoms with E-state index >= 15 is 0 Å². The summed E-state index contributed by atoms with van der Waals surface area (Å²) in [5, 5.41) is 40.0. The molecule has 0 radical (unpaired) electrons. The van der Waals surface area contributed by atoms with Crippen LogP contribution in [-0.4, -0.2) is 55.5 Å². The Morgan fingerprint density at radius 2 is 1.35 bits per heavy atom. The van der Waals surface area contributed by atoms with Gasteiger partial charge in [0.05, 0.1) is 0 Å². The molecule has 0 saturated heterocycles. The number of aryl methyl sites for hydroxylation is 1. The average molecular weight is 781 g/mol. The highest BCUT2D eigenvalue weighted by molar-refractivity contribution is 7.10. The van der Waals surface area contributed by atoms with Crippen molar-refractivity contribution in [2.75, 3.05) is 33.2 Å². The van der Waals surface area contributed by atoms with Crippen molar-refractivity contribution < 1.29 is 10.2 Å². The third-order valence-corrected chi connectivity index (χ3v) is 16.1. The average Bonchev–Trinajstić information content (AvgIpc) is 3.90. The van der Waals surface area contributed by atoms with Crippen LogP contribution in [0.15, 0.2) is 64.7 Å². The van der Waals surface area contributed by atoms with Gasteiger partial charge in [-0.1, -0.05) is 12.1 Å². The summed E-state index contributed by atoms with van der Waals surface area (Å²) in [4.78, 5) is 1.52. The van der Waals surface area contributed by atoms with Gasteiger partial charge >= 0.3 is 0 Å². The number of aromatic hydroxyl groups is 2. The first-order valence-electron chi connectivity index (χ1n) is 21.5. The Bertz CT molecular complexity index is 1810. The summed E-state index contributed by atoms with van der Waals surface area (Å²) in [6.45, 7) is 4.12. The Labute approximate surface area is 337 Å². The fourth-order valence-corrected chi connectivity index (χ4v) is 12.9. The fourth-order valence-electron chi connectivity index (χ4n) is 11.1. The summed E-state index contributed by atoms with van der Waals surface area (Å²) < 4.78 is 0. The molecule has 2 aromatic heterocycles. The lowest BCUT2D eigenvalue weighted by atomic mass is 9.69. The third-order valence-electron chi connectivity index (χ3n) is 14.2. The van der Waals surface area contributed by atoms with Gasteiger partial charge in [-0.3, -0.25) is 0 Å². The molecule has 8 heteroatoms. The van der Waals surface area contributed by atoms with Gasteiger partial charge in [-0.25, -0.2) is 0 Å². The van der Waals surface area contributed by atoms with Crippen molar-refractivity contribution >= 4 is 22.7 Å². The lowest BCUT2D eigenvalue weighted by Crippen LogP contribution is -2.47. The van der Waals surface area contributed by atoms with Crippen LogP contribution in [0.5, 0.6) is 11.5 Å². The second kappa shape index (κ2) is 18.3. The van der Waals surface area contributed by atoms with Crippen molar-refractivity contribution in [3.63, 3.8) is 0 Å². The molecule has 55 heavy (non-hydrogen) atoms. The molecule has 4 aliphatic carbocycles. The molecule has 5 atom stereocenters. The van der Waals surface area contributed by atoms with Crippen molar-refractivity contribution in [3.05, 3.63) is 103 Å². The molecule has 2 heterocycles. The van der Waals surface area contributed by atoms with Gasteiger partial charge in [-0.2, -0.15) is 11.3 Å². The molecule has 2 aromatic carbocycles. The van der Waals surface area contributed by atoms with Crippen LogP contribution >= 0.6 is 22.7 Å². The predicted molar refractivity (Wildman–Crippen MR) is 230 cm³/mol. The van der Waals surface area contributed by atoms with E-state index in [0.717, 1.165) is 70.1 Å². The zero-order valence-corrected chi connectivity index (χ0v) is 34.5. The highest BCUT2D eigenvalue weighted by Gasteiger charge is 2.40. The number of hydrogen-bond donors (Lipinski definition) is 6. The number of benzene rings is 2. The maximum Gasteiger partial charge on any atom is 0.115 e. The molecule has 2 saturated carbocycles. The first kappa shape index (κ1) is 39.1. The molecule has 0 amide bonds. The number of nitrogens with one attached hydrogen (secondary N) is 3. The third kappa shape index (κ3) is 9.21. The number of fused-ring (bicyclic) bond motifs is 2. The molecule has 296 valence electrons. The molecule has 6 nitrogen and oxygen atoms in total. The van der Waals surface area contributed by atoms with Gasteiger partial charge < -0.3 is 31.9 Å². The molecule has 2 fully saturated rings. The van der Waals surface area contributed by atoms with Gasteiger partial charge in [-0.05, 0) is 226 Å². The van der Waals surface area contributed by atoms with E-state index in [1.807, 2.05) is 29.5 Å². The van der Waals surface area contributed by atoms with E-state index in [1.165, 1.54) is 89.6 Å². The quantitative estimate of drug-likeness (QED) is 0.0765. The zero-order chi connectivity index (χ0) is 37.7. The van der Waals surface area contributed by atoms with Gasteiger partial charge in [0, 0.05) is 34.7 Å². The van der Waals surface area contributed by atoms with Crippen LogP contribution < -0.4 is 21.7 Å². The van der Waals surface area contributed by atoms with E-state index in [9.17, 15) is 10.2 Å². The van der Waals surface area contributed by atoms with Crippen molar-refractivity contribution in [2.24, 2.45) is 29.4 Å². The number of thiophene rings is 2. The molecular weight excluding hydrogens is 717 g/mol. The minimum absolute atomic E-state index is 0.303. The maximum atomic E-state index is 10.8. The molecule has 7 N–H and O–H groups in total. The number of nitrogens with two attached hydrogens (primary N) is 1. The summed E-state index contributed by atoms with van der Waals surface area (Å²) in [6, 6.07) is 17.8. The minimum atomic E-state index is 0.303. The van der Waals surface area contributed by atoms with E-state index in [0.29, 0.717) is 53.2 Å². The lowest BCUT2D eigenvalue weighted by Gasteiger charge is -2.42. The molecule has 8 rings (SSSR count). The van der Waals surface area contributed by atoms with Crippen LogP contribution in [0.4, 0.5) is 0 Å². The van der Waals surface area contributed by atoms with E-state index in [-0.39, 0.29) is 0 Å². The standard InChI is InChI=1S/C47H64N4O2S2/c1-49-26-31-6-8-33(9-7-31)28-51-46-43(20-34-16-18-54-29-34)41-14-12-39(53)22-37(41)24-44(46)47-36(17-19-55-47)23-42-40-13-11-38(52)21-35(40)10-15-45(42)50-27-32-4-2-30(25-48)3-5-32/h11-14,16-19,21-22,29-33,42-46,49-53H,2-10,15,20,23-28,48H2,1H3/t30?,31?,32?,33?,42-,43+,44?,45+,46+/m0/s1. The fraction of sp³-hybridized carbons (Fsp3) is 0.574. The van der Waals surface area contributed by atoms with Crippen LogP contribution in [0.2, 0.25) is 0 Å². The summed E-state index contributed by atoms with van der Waals surface area (Å²) in [6.07, 6.45) is 15.4. The largest absolute Gasteiger partial charge is 0.508 e.